The van der Waals surface area contributed by atoms with E-state index in [-0.39, 0.29) is 12.2 Å². The van der Waals surface area contributed by atoms with Gasteiger partial charge in [-0.25, -0.2) is 0 Å². The maximum absolute atomic E-state index is 11.9. The second-order valence-corrected chi connectivity index (χ2v) is 11.3. The first-order chi connectivity index (χ1) is 11.2. The molecule has 0 saturated carbocycles. The van der Waals surface area contributed by atoms with Gasteiger partial charge in [0.1, 0.15) is 14.2 Å². The van der Waals surface area contributed by atoms with E-state index in [0.29, 0.717) is 37.7 Å². The van der Waals surface area contributed by atoms with Gasteiger partial charge in [0.15, 0.2) is 17.6 Å². The van der Waals surface area contributed by atoms with Crippen LogP contribution in [0.2, 0.25) is 0 Å². The van der Waals surface area contributed by atoms with Crippen molar-refractivity contribution in [2.24, 2.45) is 0 Å². The molecular weight excluding hydrogens is 488 g/mol. The average molecular weight is 508 g/mol. The highest BCUT2D eigenvalue weighted by molar-refractivity contribution is 9.12. The van der Waals surface area contributed by atoms with Gasteiger partial charge in [-0.1, -0.05) is 0 Å². The minimum Gasteiger partial charge on any atom is -0.484 e. The largest absolute Gasteiger partial charge is 0.484 e. The van der Waals surface area contributed by atoms with Crippen LogP contribution >= 0.6 is 43.2 Å². The number of hydrogen-bond donors (Lipinski definition) is 0. The highest BCUT2D eigenvalue weighted by Gasteiger charge is 2.28. The van der Waals surface area contributed by atoms with Gasteiger partial charge in [0.05, 0.1) is 18.0 Å². The fourth-order valence-electron chi connectivity index (χ4n) is 2.00. The molecule has 0 radical (unpaired) electrons. The van der Waals surface area contributed by atoms with Crippen molar-refractivity contribution in [3.63, 3.8) is 0 Å². The Hall–Kier alpha value is 0.130. The van der Waals surface area contributed by atoms with Gasteiger partial charge in [-0.05, 0) is 59.1 Å². The van der Waals surface area contributed by atoms with Crippen LogP contribution in [-0.2, 0) is 19.0 Å². The zero-order valence-corrected chi connectivity index (χ0v) is 18.4. The summed E-state index contributed by atoms with van der Waals surface area (Å²) in [4.78, 5) is 0. The van der Waals surface area contributed by atoms with Crippen LogP contribution in [-0.4, -0.2) is 45.7 Å². The lowest BCUT2D eigenvalue weighted by atomic mass is 10.3. The number of ether oxygens (including phenoxy) is 3. The van der Waals surface area contributed by atoms with Crippen LogP contribution in [0.3, 0.4) is 0 Å². The Kier molecular flexibility index (Phi) is 7.39. The zero-order valence-electron chi connectivity index (χ0n) is 13.6. The van der Waals surface area contributed by atoms with Crippen LogP contribution in [0, 0.1) is 0 Å². The van der Waals surface area contributed by atoms with Crippen molar-refractivity contribution in [3.05, 3.63) is 7.57 Å². The molecule has 0 bridgehead atoms. The Balaban J connectivity index is 1.75. The van der Waals surface area contributed by atoms with Crippen LogP contribution < -0.4 is 9.47 Å². The van der Waals surface area contributed by atoms with E-state index in [1.165, 1.54) is 11.3 Å². The van der Waals surface area contributed by atoms with Gasteiger partial charge in [-0.2, -0.15) is 8.42 Å². The van der Waals surface area contributed by atoms with E-state index < -0.39 is 15.4 Å². The lowest BCUT2D eigenvalue weighted by Crippen LogP contribution is -2.33. The van der Waals surface area contributed by atoms with Crippen LogP contribution in [0.1, 0.15) is 27.2 Å². The molecule has 10 heteroatoms. The van der Waals surface area contributed by atoms with E-state index in [0.717, 1.165) is 7.57 Å². The van der Waals surface area contributed by atoms with E-state index in [9.17, 15) is 8.42 Å². The minimum absolute atomic E-state index is 0.228. The van der Waals surface area contributed by atoms with Gasteiger partial charge in [0.25, 0.3) is 10.1 Å². The minimum atomic E-state index is -3.55. The first-order valence-corrected chi connectivity index (χ1v) is 11.3. The molecule has 0 spiro atoms. The molecule has 2 heterocycles. The molecule has 2 unspecified atom stereocenters. The summed E-state index contributed by atoms with van der Waals surface area (Å²) in [6.07, 6.45) is -0.223. The van der Waals surface area contributed by atoms with Crippen molar-refractivity contribution in [1.29, 1.82) is 0 Å². The summed E-state index contributed by atoms with van der Waals surface area (Å²) in [5.41, 5.74) is 0. The Labute approximate surface area is 163 Å². The summed E-state index contributed by atoms with van der Waals surface area (Å²) in [5, 5.41) is -0.614. The number of thiophene rings is 1. The summed E-state index contributed by atoms with van der Waals surface area (Å²) in [7, 11) is -3.55. The van der Waals surface area contributed by atoms with Crippen molar-refractivity contribution in [3.8, 4) is 11.5 Å². The van der Waals surface area contributed by atoms with Crippen molar-refractivity contribution in [1.82, 2.24) is 0 Å². The van der Waals surface area contributed by atoms with Crippen molar-refractivity contribution < 1.29 is 26.8 Å². The normalized spacial score (nSPS) is 18.8. The maximum Gasteiger partial charge on any atom is 0.270 e. The molecule has 138 valence electrons. The molecule has 1 aromatic rings. The second-order valence-electron chi connectivity index (χ2n) is 5.67. The van der Waals surface area contributed by atoms with Gasteiger partial charge >= 0.3 is 0 Å². The zero-order chi connectivity index (χ0) is 17.9. The van der Waals surface area contributed by atoms with Gasteiger partial charge < -0.3 is 14.2 Å². The standard InChI is InChI=1S/C14H20Br2O6S2/c1-8(2)22-24(17,18)9(3)4-5-19-6-10-7-20-11-12(21-10)14(16)23-13(11)15/h8-10H,4-7H2,1-3H3. The molecule has 0 saturated heterocycles. The smallest absolute Gasteiger partial charge is 0.270 e. The maximum atomic E-state index is 11.9. The Morgan fingerprint density at radius 1 is 1.25 bits per heavy atom. The van der Waals surface area contributed by atoms with Crippen LogP contribution in [0.15, 0.2) is 7.57 Å². The SMILES string of the molecule is CC(C)OS(=O)(=O)C(C)CCOCC1COc2c(Br)sc(Br)c2O1. The Morgan fingerprint density at radius 3 is 2.58 bits per heavy atom. The molecule has 6 nitrogen and oxygen atoms in total. The van der Waals surface area contributed by atoms with Gasteiger partial charge in [-0.15, -0.1) is 11.3 Å². The summed E-state index contributed by atoms with van der Waals surface area (Å²) in [5.74, 6) is 1.38. The summed E-state index contributed by atoms with van der Waals surface area (Å²) in [6.45, 7) is 6.03. The Morgan fingerprint density at radius 2 is 1.92 bits per heavy atom. The van der Waals surface area contributed by atoms with Crippen LogP contribution in [0.25, 0.3) is 0 Å². The summed E-state index contributed by atoms with van der Waals surface area (Å²) < 4.78 is 47.6. The fourth-order valence-corrected chi connectivity index (χ4v) is 5.94. The van der Waals surface area contributed by atoms with E-state index in [4.69, 9.17) is 18.4 Å². The predicted molar refractivity (Wildman–Crippen MR) is 99.7 cm³/mol. The molecule has 1 aliphatic heterocycles. The molecule has 2 rings (SSSR count). The number of rotatable bonds is 8. The summed E-state index contributed by atoms with van der Waals surface area (Å²) >= 11 is 8.34. The second kappa shape index (κ2) is 8.68. The van der Waals surface area contributed by atoms with Gasteiger partial charge in [0.2, 0.25) is 0 Å². The van der Waals surface area contributed by atoms with Crippen molar-refractivity contribution >= 4 is 53.3 Å². The van der Waals surface area contributed by atoms with E-state index in [1.807, 2.05) is 0 Å². The van der Waals surface area contributed by atoms with Gasteiger partial charge in [-0.3, -0.25) is 4.18 Å². The molecular formula is C14H20Br2O6S2. The number of halogens is 2. The topological polar surface area (TPSA) is 71.1 Å². The van der Waals surface area contributed by atoms with E-state index in [2.05, 4.69) is 31.9 Å². The van der Waals surface area contributed by atoms with Crippen molar-refractivity contribution in [2.45, 2.75) is 44.6 Å². The van der Waals surface area contributed by atoms with E-state index >= 15 is 0 Å². The molecule has 24 heavy (non-hydrogen) atoms. The third-order valence-electron chi connectivity index (χ3n) is 3.23. The highest BCUT2D eigenvalue weighted by atomic mass is 79.9. The first kappa shape index (κ1) is 20.4. The molecule has 1 aromatic heterocycles. The quantitative estimate of drug-likeness (QED) is 0.391. The molecule has 0 N–H and O–H groups in total. The van der Waals surface area contributed by atoms with Gasteiger partial charge in [0, 0.05) is 6.61 Å². The first-order valence-electron chi connectivity index (χ1n) is 7.47. The third-order valence-corrected chi connectivity index (χ3v) is 7.53. The monoisotopic (exact) mass is 506 g/mol. The molecule has 0 amide bonds. The fraction of sp³-hybridized carbons (Fsp3) is 0.714. The number of fused-ring (bicyclic) bond motifs is 1. The van der Waals surface area contributed by atoms with Crippen LogP contribution in [0.5, 0.6) is 11.5 Å². The lowest BCUT2D eigenvalue weighted by molar-refractivity contribution is 0.00802. The molecule has 0 fully saturated rings. The molecule has 2 atom stereocenters. The third kappa shape index (κ3) is 5.31. The van der Waals surface area contributed by atoms with Crippen molar-refractivity contribution in [2.75, 3.05) is 19.8 Å². The van der Waals surface area contributed by atoms with Crippen LogP contribution in [0.4, 0.5) is 0 Å². The highest BCUT2D eigenvalue weighted by Crippen LogP contribution is 2.50. The van der Waals surface area contributed by atoms with E-state index in [1.54, 1.807) is 20.8 Å². The summed E-state index contributed by atoms with van der Waals surface area (Å²) in [6, 6.07) is 0. The average Bonchev–Trinajstić information content (AvgIpc) is 2.76. The molecule has 0 aliphatic carbocycles. The Bertz CT molecular complexity index is 658. The number of hydrogen-bond acceptors (Lipinski definition) is 7. The molecule has 0 aromatic carbocycles. The lowest BCUT2D eigenvalue weighted by Gasteiger charge is -2.25. The predicted octanol–water partition coefficient (Wildman–Crippen LogP) is 3.96. The molecule has 1 aliphatic rings.